The van der Waals surface area contributed by atoms with E-state index in [4.69, 9.17) is 4.74 Å². The van der Waals surface area contributed by atoms with E-state index in [0.717, 1.165) is 12.8 Å². The van der Waals surface area contributed by atoms with Gasteiger partial charge in [0.15, 0.2) is 0 Å². The molecule has 3 unspecified atom stereocenters. The van der Waals surface area contributed by atoms with Crippen molar-refractivity contribution >= 4 is 12.0 Å². The van der Waals surface area contributed by atoms with Crippen LogP contribution >= 0.6 is 0 Å². The Labute approximate surface area is 113 Å². The number of carboxylic acids is 1. The summed E-state index contributed by atoms with van der Waals surface area (Å²) in [6.07, 6.45) is 2.73. The van der Waals surface area contributed by atoms with Gasteiger partial charge in [-0.3, -0.25) is 0 Å². The highest BCUT2D eigenvalue weighted by atomic mass is 16.5. The minimum Gasteiger partial charge on any atom is -0.480 e. The molecule has 0 aliphatic carbocycles. The largest absolute Gasteiger partial charge is 0.480 e. The summed E-state index contributed by atoms with van der Waals surface area (Å²) < 4.78 is 5.40. The van der Waals surface area contributed by atoms with E-state index in [0.29, 0.717) is 19.4 Å². The molecule has 6 nitrogen and oxygen atoms in total. The van der Waals surface area contributed by atoms with E-state index in [-0.39, 0.29) is 12.1 Å². The van der Waals surface area contributed by atoms with E-state index in [2.05, 4.69) is 10.6 Å². The lowest BCUT2D eigenvalue weighted by Gasteiger charge is -2.30. The summed E-state index contributed by atoms with van der Waals surface area (Å²) in [5.74, 6) is -1.01. The van der Waals surface area contributed by atoms with Gasteiger partial charge in [0.2, 0.25) is 0 Å². The molecule has 19 heavy (non-hydrogen) atoms. The number of rotatable bonds is 5. The Morgan fingerprint density at radius 2 is 2.16 bits per heavy atom. The number of ether oxygens (including phenoxy) is 1. The summed E-state index contributed by atoms with van der Waals surface area (Å²) in [6, 6.07) is -0.374. The molecule has 0 aromatic rings. The molecule has 0 bridgehead atoms. The summed E-state index contributed by atoms with van der Waals surface area (Å²) in [5.41, 5.74) is -1.21. The molecule has 0 aromatic heterocycles. The molecule has 1 aliphatic rings. The SMILES string of the molecule is CCCC(C)(NC(=O)NC1CCOC(C)C1)C(=O)O. The second kappa shape index (κ2) is 6.75. The highest BCUT2D eigenvalue weighted by Crippen LogP contribution is 2.15. The number of carbonyl (C=O) groups is 2. The van der Waals surface area contributed by atoms with Crippen molar-refractivity contribution < 1.29 is 19.4 Å². The third kappa shape index (κ3) is 4.70. The van der Waals surface area contributed by atoms with Crippen LogP contribution in [0.4, 0.5) is 4.79 Å². The van der Waals surface area contributed by atoms with E-state index in [1.165, 1.54) is 6.92 Å². The van der Waals surface area contributed by atoms with Crippen LogP contribution in [0.2, 0.25) is 0 Å². The second-order valence-electron chi connectivity index (χ2n) is 5.39. The van der Waals surface area contributed by atoms with Crippen LogP contribution in [0, 0.1) is 0 Å². The molecule has 1 saturated heterocycles. The van der Waals surface area contributed by atoms with Gasteiger partial charge in [-0.1, -0.05) is 13.3 Å². The molecule has 3 atom stereocenters. The lowest BCUT2D eigenvalue weighted by Crippen LogP contribution is -2.57. The highest BCUT2D eigenvalue weighted by molar-refractivity contribution is 5.85. The van der Waals surface area contributed by atoms with E-state index in [9.17, 15) is 14.7 Å². The van der Waals surface area contributed by atoms with Crippen molar-refractivity contribution in [2.24, 2.45) is 0 Å². The van der Waals surface area contributed by atoms with Gasteiger partial charge < -0.3 is 20.5 Å². The Kier molecular flexibility index (Phi) is 5.60. The second-order valence-corrected chi connectivity index (χ2v) is 5.39. The molecule has 3 N–H and O–H groups in total. The van der Waals surface area contributed by atoms with Gasteiger partial charge in [0.25, 0.3) is 0 Å². The first-order valence-corrected chi connectivity index (χ1v) is 6.81. The third-order valence-electron chi connectivity index (χ3n) is 3.43. The topological polar surface area (TPSA) is 87.7 Å². The van der Waals surface area contributed by atoms with E-state index in [1.807, 2.05) is 13.8 Å². The fourth-order valence-corrected chi connectivity index (χ4v) is 2.32. The molecule has 0 radical (unpaired) electrons. The van der Waals surface area contributed by atoms with Crippen molar-refractivity contribution in [2.75, 3.05) is 6.61 Å². The summed E-state index contributed by atoms with van der Waals surface area (Å²) in [4.78, 5) is 23.1. The monoisotopic (exact) mass is 272 g/mol. The maximum absolute atomic E-state index is 11.9. The van der Waals surface area contributed by atoms with Gasteiger partial charge in [-0.05, 0) is 33.1 Å². The Morgan fingerprint density at radius 3 is 2.68 bits per heavy atom. The quantitative estimate of drug-likeness (QED) is 0.707. The van der Waals surface area contributed by atoms with Gasteiger partial charge in [-0.15, -0.1) is 0 Å². The molecule has 2 amide bonds. The molecule has 0 spiro atoms. The third-order valence-corrected chi connectivity index (χ3v) is 3.43. The van der Waals surface area contributed by atoms with Crippen molar-refractivity contribution in [2.45, 2.75) is 64.1 Å². The number of hydrogen-bond donors (Lipinski definition) is 3. The van der Waals surface area contributed by atoms with Gasteiger partial charge in [0, 0.05) is 12.6 Å². The van der Waals surface area contributed by atoms with Crippen molar-refractivity contribution in [3.05, 3.63) is 0 Å². The van der Waals surface area contributed by atoms with Crippen LogP contribution in [0.3, 0.4) is 0 Å². The Balaban J connectivity index is 2.50. The molecule has 0 saturated carbocycles. The van der Waals surface area contributed by atoms with Gasteiger partial charge in [-0.2, -0.15) is 0 Å². The van der Waals surface area contributed by atoms with Crippen LogP contribution < -0.4 is 10.6 Å². The van der Waals surface area contributed by atoms with Crippen LogP contribution in [0.15, 0.2) is 0 Å². The average molecular weight is 272 g/mol. The molecule has 6 heteroatoms. The molecule has 110 valence electrons. The summed E-state index contributed by atoms with van der Waals surface area (Å²) in [7, 11) is 0. The van der Waals surface area contributed by atoms with Crippen molar-refractivity contribution in [1.82, 2.24) is 10.6 Å². The number of carboxylic acid groups (broad SMARTS) is 1. The lowest BCUT2D eigenvalue weighted by atomic mass is 9.96. The first kappa shape index (κ1) is 15.8. The first-order valence-electron chi connectivity index (χ1n) is 6.81. The van der Waals surface area contributed by atoms with Crippen molar-refractivity contribution in [1.29, 1.82) is 0 Å². The minimum atomic E-state index is -1.21. The van der Waals surface area contributed by atoms with Gasteiger partial charge in [-0.25, -0.2) is 9.59 Å². The lowest BCUT2D eigenvalue weighted by molar-refractivity contribution is -0.144. The molecule has 0 aromatic carbocycles. The normalized spacial score (nSPS) is 26.3. The maximum Gasteiger partial charge on any atom is 0.329 e. The smallest absolute Gasteiger partial charge is 0.329 e. The first-order chi connectivity index (χ1) is 8.87. The fraction of sp³-hybridized carbons (Fsp3) is 0.846. The molecular formula is C13H24N2O4. The molecule has 1 fully saturated rings. The van der Waals surface area contributed by atoms with E-state index < -0.39 is 17.5 Å². The van der Waals surface area contributed by atoms with Gasteiger partial charge in [0.05, 0.1) is 6.10 Å². The van der Waals surface area contributed by atoms with Crippen molar-refractivity contribution in [3.8, 4) is 0 Å². The molecule has 1 rings (SSSR count). The van der Waals surface area contributed by atoms with Gasteiger partial charge >= 0.3 is 12.0 Å². The van der Waals surface area contributed by atoms with E-state index >= 15 is 0 Å². The zero-order valence-electron chi connectivity index (χ0n) is 11.9. The zero-order valence-corrected chi connectivity index (χ0v) is 11.9. The van der Waals surface area contributed by atoms with Crippen LogP contribution in [0.1, 0.15) is 46.5 Å². The molecule has 1 aliphatic heterocycles. The predicted molar refractivity (Wildman–Crippen MR) is 71.1 cm³/mol. The molecule has 1 heterocycles. The maximum atomic E-state index is 11.9. The van der Waals surface area contributed by atoms with E-state index in [1.54, 1.807) is 0 Å². The number of carbonyl (C=O) groups excluding carboxylic acids is 1. The number of urea groups is 1. The number of aliphatic carboxylic acids is 1. The number of amides is 2. The Hall–Kier alpha value is -1.30. The highest BCUT2D eigenvalue weighted by Gasteiger charge is 2.34. The van der Waals surface area contributed by atoms with Crippen molar-refractivity contribution in [3.63, 3.8) is 0 Å². The fourth-order valence-electron chi connectivity index (χ4n) is 2.32. The molecular weight excluding hydrogens is 248 g/mol. The zero-order chi connectivity index (χ0) is 14.5. The van der Waals surface area contributed by atoms with Crippen LogP contribution in [0.25, 0.3) is 0 Å². The average Bonchev–Trinajstić information content (AvgIpc) is 2.28. The Bertz CT molecular complexity index is 335. The summed E-state index contributed by atoms with van der Waals surface area (Å²) in [5, 5.41) is 14.6. The van der Waals surface area contributed by atoms with Crippen LogP contribution in [-0.2, 0) is 9.53 Å². The standard InChI is InChI=1S/C13H24N2O4/c1-4-6-13(3,11(16)17)15-12(18)14-10-5-7-19-9(2)8-10/h9-10H,4-8H2,1-3H3,(H,16,17)(H2,14,15,18). The summed E-state index contributed by atoms with van der Waals surface area (Å²) >= 11 is 0. The Morgan fingerprint density at radius 1 is 1.47 bits per heavy atom. The summed E-state index contributed by atoms with van der Waals surface area (Å²) in [6.45, 7) is 6.01. The van der Waals surface area contributed by atoms with Crippen LogP contribution in [-0.4, -0.2) is 41.4 Å². The number of nitrogens with one attached hydrogen (secondary N) is 2. The number of hydrogen-bond acceptors (Lipinski definition) is 3. The predicted octanol–water partition coefficient (Wildman–Crippen LogP) is 1.50. The minimum absolute atomic E-state index is 0.0448. The van der Waals surface area contributed by atoms with Gasteiger partial charge in [0.1, 0.15) is 5.54 Å². The van der Waals surface area contributed by atoms with Crippen LogP contribution in [0.5, 0.6) is 0 Å².